The van der Waals surface area contributed by atoms with Gasteiger partial charge in [0.05, 0.1) is 18.8 Å². The standard InChI is InChI=1S/C25H40O3/c1-23-10-4-5-20(23)19-8-7-18-15-24(16-28-24)12-13-25(18,21(19)9-11-23)17-27-22-6-2-3-14-26-22/h18-22H,2-17H2,1H3/t18-,19-,20-,21-,22?,23-,24+,25+/m0/s1. The molecule has 0 radical (unpaired) electrons. The smallest absolute Gasteiger partial charge is 0.157 e. The largest absolute Gasteiger partial charge is 0.370 e. The van der Waals surface area contributed by atoms with Gasteiger partial charge >= 0.3 is 0 Å². The molecule has 28 heavy (non-hydrogen) atoms. The lowest BCUT2D eigenvalue weighted by Gasteiger charge is -2.61. The predicted molar refractivity (Wildman–Crippen MR) is 109 cm³/mol. The lowest BCUT2D eigenvalue weighted by atomic mass is 9.44. The lowest BCUT2D eigenvalue weighted by Crippen LogP contribution is -2.57. The van der Waals surface area contributed by atoms with Crippen molar-refractivity contribution in [3.05, 3.63) is 0 Å². The van der Waals surface area contributed by atoms with E-state index in [1.165, 1.54) is 77.0 Å². The first-order chi connectivity index (χ1) is 13.6. The van der Waals surface area contributed by atoms with Crippen molar-refractivity contribution in [2.45, 2.75) is 102 Å². The van der Waals surface area contributed by atoms with E-state index in [1.807, 2.05) is 0 Å². The second-order valence-electron chi connectivity index (χ2n) is 11.8. The van der Waals surface area contributed by atoms with Crippen LogP contribution >= 0.6 is 0 Å². The highest BCUT2D eigenvalue weighted by Gasteiger charge is 2.63. The Morgan fingerprint density at radius 1 is 0.893 bits per heavy atom. The average Bonchev–Trinajstić information content (AvgIpc) is 3.35. The summed E-state index contributed by atoms with van der Waals surface area (Å²) in [5.41, 5.74) is 1.34. The summed E-state index contributed by atoms with van der Waals surface area (Å²) in [7, 11) is 0. The first kappa shape index (κ1) is 18.6. The van der Waals surface area contributed by atoms with Crippen LogP contribution in [0.25, 0.3) is 0 Å². The van der Waals surface area contributed by atoms with Crippen LogP contribution in [0.5, 0.6) is 0 Å². The minimum atomic E-state index is 0.0672. The molecule has 1 spiro atoms. The molecule has 8 atom stereocenters. The molecule has 2 saturated heterocycles. The minimum Gasteiger partial charge on any atom is -0.370 e. The molecule has 158 valence electrons. The molecule has 1 unspecified atom stereocenters. The SMILES string of the molecule is C[C@@]12CCC[C@H]1[C@@H]1CC[C@H]3C[C@]4(CC[C@]3(COC3CCCCO3)[C@H]1CC2)CO4. The van der Waals surface area contributed by atoms with Crippen molar-refractivity contribution in [2.24, 2.45) is 34.5 Å². The van der Waals surface area contributed by atoms with Crippen molar-refractivity contribution < 1.29 is 14.2 Å². The number of hydrogen-bond acceptors (Lipinski definition) is 3. The summed E-state index contributed by atoms with van der Waals surface area (Å²) < 4.78 is 18.5. The molecular formula is C25H40O3. The lowest BCUT2D eigenvalue weighted by molar-refractivity contribution is -0.217. The van der Waals surface area contributed by atoms with Gasteiger partial charge in [-0.25, -0.2) is 0 Å². The van der Waals surface area contributed by atoms with Crippen LogP contribution in [-0.2, 0) is 14.2 Å². The third-order valence-electron chi connectivity index (χ3n) is 10.5. The number of rotatable bonds is 3. The molecule has 0 aromatic rings. The van der Waals surface area contributed by atoms with E-state index in [2.05, 4.69) is 6.92 Å². The molecule has 0 amide bonds. The monoisotopic (exact) mass is 388 g/mol. The van der Waals surface area contributed by atoms with Crippen molar-refractivity contribution in [3.63, 3.8) is 0 Å². The summed E-state index contributed by atoms with van der Waals surface area (Å²) in [6, 6.07) is 0. The molecule has 4 saturated carbocycles. The summed E-state index contributed by atoms with van der Waals surface area (Å²) in [5, 5.41) is 0. The molecule has 3 heteroatoms. The zero-order valence-electron chi connectivity index (χ0n) is 17.9. The molecule has 6 aliphatic rings. The van der Waals surface area contributed by atoms with Crippen LogP contribution in [0, 0.1) is 34.5 Å². The third kappa shape index (κ3) is 2.86. The summed E-state index contributed by atoms with van der Waals surface area (Å²) in [6.45, 7) is 5.51. The summed E-state index contributed by atoms with van der Waals surface area (Å²) in [6.07, 6.45) is 17.9. The Morgan fingerprint density at radius 2 is 1.82 bits per heavy atom. The number of epoxide rings is 1. The molecule has 2 heterocycles. The van der Waals surface area contributed by atoms with Crippen molar-refractivity contribution >= 4 is 0 Å². The van der Waals surface area contributed by atoms with Gasteiger partial charge in [-0.2, -0.15) is 0 Å². The van der Waals surface area contributed by atoms with Gasteiger partial charge in [-0.15, -0.1) is 0 Å². The second-order valence-corrected chi connectivity index (χ2v) is 11.8. The quantitative estimate of drug-likeness (QED) is 0.580. The maximum atomic E-state index is 6.59. The Kier molecular flexibility index (Phi) is 4.45. The Labute approximate surface area is 171 Å². The molecule has 4 aliphatic carbocycles. The van der Waals surface area contributed by atoms with Crippen LogP contribution in [0.1, 0.15) is 90.4 Å². The van der Waals surface area contributed by atoms with Gasteiger partial charge in [0.2, 0.25) is 0 Å². The normalized spacial score (nSPS) is 55.4. The van der Waals surface area contributed by atoms with Gasteiger partial charge in [-0.3, -0.25) is 0 Å². The Morgan fingerprint density at radius 3 is 2.64 bits per heavy atom. The Hall–Kier alpha value is -0.120. The van der Waals surface area contributed by atoms with E-state index in [0.717, 1.165) is 49.9 Å². The van der Waals surface area contributed by atoms with Crippen LogP contribution in [-0.4, -0.2) is 31.7 Å². The molecule has 0 N–H and O–H groups in total. The highest BCUT2D eigenvalue weighted by molar-refractivity contribution is 5.12. The van der Waals surface area contributed by atoms with Crippen LogP contribution < -0.4 is 0 Å². The minimum absolute atomic E-state index is 0.0672. The maximum absolute atomic E-state index is 6.59. The predicted octanol–water partition coefficient (Wildman–Crippen LogP) is 5.71. The van der Waals surface area contributed by atoms with Crippen molar-refractivity contribution in [1.29, 1.82) is 0 Å². The van der Waals surface area contributed by atoms with Crippen molar-refractivity contribution in [1.82, 2.24) is 0 Å². The average molecular weight is 389 g/mol. The molecule has 0 bridgehead atoms. The summed E-state index contributed by atoms with van der Waals surface area (Å²) >= 11 is 0. The molecular weight excluding hydrogens is 348 g/mol. The van der Waals surface area contributed by atoms with Gasteiger partial charge in [0, 0.05) is 6.61 Å². The third-order valence-corrected chi connectivity index (χ3v) is 10.5. The van der Waals surface area contributed by atoms with Gasteiger partial charge < -0.3 is 14.2 Å². The van der Waals surface area contributed by atoms with Gasteiger partial charge in [0.25, 0.3) is 0 Å². The maximum Gasteiger partial charge on any atom is 0.157 e. The molecule has 0 aromatic carbocycles. The first-order valence-corrected chi connectivity index (χ1v) is 12.5. The van der Waals surface area contributed by atoms with Crippen LogP contribution in [0.3, 0.4) is 0 Å². The van der Waals surface area contributed by atoms with E-state index in [4.69, 9.17) is 14.2 Å². The highest BCUT2D eigenvalue weighted by Crippen LogP contribution is 2.68. The zero-order valence-corrected chi connectivity index (χ0v) is 17.9. The number of hydrogen-bond donors (Lipinski definition) is 0. The van der Waals surface area contributed by atoms with Crippen LogP contribution in [0.2, 0.25) is 0 Å². The van der Waals surface area contributed by atoms with Gasteiger partial charge in [0.15, 0.2) is 6.29 Å². The fourth-order valence-corrected chi connectivity index (χ4v) is 8.84. The van der Waals surface area contributed by atoms with E-state index in [9.17, 15) is 0 Å². The second kappa shape index (κ2) is 6.69. The molecule has 2 aliphatic heterocycles. The highest BCUT2D eigenvalue weighted by atomic mass is 16.7. The van der Waals surface area contributed by atoms with Gasteiger partial charge in [-0.1, -0.05) is 13.3 Å². The fourth-order valence-electron chi connectivity index (χ4n) is 8.84. The first-order valence-electron chi connectivity index (χ1n) is 12.5. The van der Waals surface area contributed by atoms with Gasteiger partial charge in [0.1, 0.15) is 0 Å². The fraction of sp³-hybridized carbons (Fsp3) is 1.00. The number of ether oxygens (including phenoxy) is 3. The van der Waals surface area contributed by atoms with E-state index in [0.29, 0.717) is 10.8 Å². The molecule has 6 rings (SSSR count). The van der Waals surface area contributed by atoms with E-state index in [-0.39, 0.29) is 11.9 Å². The van der Waals surface area contributed by atoms with Crippen LogP contribution in [0.4, 0.5) is 0 Å². The van der Waals surface area contributed by atoms with E-state index >= 15 is 0 Å². The Bertz CT molecular complexity index is 595. The summed E-state index contributed by atoms with van der Waals surface area (Å²) in [4.78, 5) is 0. The van der Waals surface area contributed by atoms with Crippen LogP contribution in [0.15, 0.2) is 0 Å². The summed E-state index contributed by atoms with van der Waals surface area (Å²) in [5.74, 6) is 3.66. The van der Waals surface area contributed by atoms with Gasteiger partial charge in [-0.05, 0) is 112 Å². The molecule has 3 nitrogen and oxygen atoms in total. The molecule has 6 fully saturated rings. The van der Waals surface area contributed by atoms with Crippen molar-refractivity contribution in [3.8, 4) is 0 Å². The van der Waals surface area contributed by atoms with Crippen molar-refractivity contribution in [2.75, 3.05) is 19.8 Å². The zero-order chi connectivity index (χ0) is 18.8. The van der Waals surface area contributed by atoms with E-state index in [1.54, 1.807) is 0 Å². The van der Waals surface area contributed by atoms with E-state index < -0.39 is 0 Å². The topological polar surface area (TPSA) is 31.0 Å². The number of fused-ring (bicyclic) bond motifs is 5. The molecule has 0 aromatic heterocycles. The Balaban J connectivity index is 1.27.